The minimum Gasteiger partial charge on any atom is -0.322 e. The number of aromatic nitrogens is 3. The van der Waals surface area contributed by atoms with Crippen LogP contribution in [0, 0.1) is 0 Å². The number of thiophene rings is 1. The third-order valence-corrected chi connectivity index (χ3v) is 4.92. The highest BCUT2D eigenvalue weighted by molar-refractivity contribution is 7.09. The fraction of sp³-hybridized carbons (Fsp3) is 0.0526. The molecule has 0 aliphatic carbocycles. The molecule has 134 valence electrons. The van der Waals surface area contributed by atoms with E-state index in [9.17, 15) is 14.4 Å². The van der Waals surface area contributed by atoms with Crippen LogP contribution in [0.4, 0.5) is 5.69 Å². The molecule has 0 aliphatic rings. The highest BCUT2D eigenvalue weighted by atomic mass is 32.1. The Balaban J connectivity index is 1.65. The predicted molar refractivity (Wildman–Crippen MR) is 104 cm³/mol. The van der Waals surface area contributed by atoms with Crippen molar-refractivity contribution >= 4 is 33.8 Å². The smallest absolute Gasteiger partial charge is 0.322 e. The number of rotatable bonds is 4. The zero-order chi connectivity index (χ0) is 18.8. The van der Waals surface area contributed by atoms with Crippen LogP contribution in [0.1, 0.15) is 15.2 Å². The van der Waals surface area contributed by atoms with Crippen LogP contribution in [0.5, 0.6) is 0 Å². The summed E-state index contributed by atoms with van der Waals surface area (Å²) >= 11 is 1.43. The molecule has 0 atom stereocenters. The van der Waals surface area contributed by atoms with E-state index in [4.69, 9.17) is 0 Å². The highest BCUT2D eigenvalue weighted by Gasteiger charge is 2.15. The predicted octanol–water partition coefficient (Wildman–Crippen LogP) is 2.45. The van der Waals surface area contributed by atoms with Gasteiger partial charge in [-0.3, -0.25) is 19.1 Å². The van der Waals surface area contributed by atoms with Crippen molar-refractivity contribution in [2.75, 3.05) is 5.32 Å². The third-order valence-electron chi connectivity index (χ3n) is 4.06. The van der Waals surface area contributed by atoms with Crippen molar-refractivity contribution in [2.45, 2.75) is 6.54 Å². The molecule has 7 nitrogen and oxygen atoms in total. The van der Waals surface area contributed by atoms with Crippen LogP contribution in [-0.4, -0.2) is 20.4 Å². The van der Waals surface area contributed by atoms with Crippen molar-refractivity contribution in [3.63, 3.8) is 0 Å². The lowest BCUT2D eigenvalue weighted by atomic mass is 10.2. The molecule has 0 saturated heterocycles. The maximum absolute atomic E-state index is 12.6. The lowest BCUT2D eigenvalue weighted by Crippen LogP contribution is -2.39. The number of amides is 1. The molecule has 1 aromatic carbocycles. The van der Waals surface area contributed by atoms with Gasteiger partial charge in [-0.2, -0.15) is 0 Å². The van der Waals surface area contributed by atoms with E-state index < -0.39 is 17.2 Å². The van der Waals surface area contributed by atoms with Crippen molar-refractivity contribution in [3.05, 3.63) is 91.5 Å². The van der Waals surface area contributed by atoms with Gasteiger partial charge in [0.2, 0.25) is 0 Å². The third kappa shape index (κ3) is 3.42. The maximum Gasteiger partial charge on any atom is 0.328 e. The van der Waals surface area contributed by atoms with Gasteiger partial charge >= 0.3 is 5.69 Å². The second-order valence-electron chi connectivity index (χ2n) is 5.84. The molecule has 0 spiro atoms. The molecule has 0 fully saturated rings. The summed E-state index contributed by atoms with van der Waals surface area (Å²) in [7, 11) is 0. The van der Waals surface area contributed by atoms with E-state index in [0.717, 1.165) is 26.5 Å². The summed E-state index contributed by atoms with van der Waals surface area (Å²) in [5.41, 5.74) is 0.0278. The van der Waals surface area contributed by atoms with E-state index in [-0.39, 0.29) is 12.1 Å². The molecule has 4 rings (SSSR count). The van der Waals surface area contributed by atoms with Gasteiger partial charge in [0, 0.05) is 28.3 Å². The van der Waals surface area contributed by atoms with Gasteiger partial charge in [-0.15, -0.1) is 11.3 Å². The van der Waals surface area contributed by atoms with Gasteiger partial charge in [-0.25, -0.2) is 4.79 Å². The van der Waals surface area contributed by atoms with Gasteiger partial charge in [-0.05, 0) is 35.7 Å². The fourth-order valence-electron chi connectivity index (χ4n) is 2.73. The fourth-order valence-corrected chi connectivity index (χ4v) is 3.42. The molecule has 0 saturated carbocycles. The molecule has 2 N–H and O–H groups in total. The van der Waals surface area contributed by atoms with Crippen LogP contribution < -0.4 is 16.6 Å². The molecule has 0 bridgehead atoms. The standard InChI is InChI=1S/C19H14N4O3S/c24-17(22-13-5-6-16-12(9-13)3-1-7-20-16)15-10-21-19(26)23(18(15)25)11-14-4-2-8-27-14/h1-10H,11H2,(H,21,26)(H,22,24). The second-order valence-corrected chi connectivity index (χ2v) is 6.88. The minimum atomic E-state index is -0.632. The number of hydrogen-bond acceptors (Lipinski definition) is 5. The number of hydrogen-bond donors (Lipinski definition) is 2. The number of anilines is 1. The molecular weight excluding hydrogens is 364 g/mol. The molecule has 4 aromatic rings. The largest absolute Gasteiger partial charge is 0.328 e. The first-order chi connectivity index (χ1) is 13.1. The Kier molecular flexibility index (Phi) is 4.39. The molecule has 27 heavy (non-hydrogen) atoms. The summed E-state index contributed by atoms with van der Waals surface area (Å²) in [6, 6.07) is 12.6. The number of nitrogens with one attached hydrogen (secondary N) is 2. The minimum absolute atomic E-state index is 0.120. The lowest BCUT2D eigenvalue weighted by Gasteiger charge is -2.08. The van der Waals surface area contributed by atoms with Gasteiger partial charge < -0.3 is 10.3 Å². The highest BCUT2D eigenvalue weighted by Crippen LogP contribution is 2.17. The first-order valence-corrected chi connectivity index (χ1v) is 9.01. The van der Waals surface area contributed by atoms with Crippen molar-refractivity contribution in [3.8, 4) is 0 Å². The van der Waals surface area contributed by atoms with Crippen LogP contribution >= 0.6 is 11.3 Å². The molecule has 1 amide bonds. The number of aromatic amines is 1. The topological polar surface area (TPSA) is 96.8 Å². The Morgan fingerprint density at radius 1 is 1.19 bits per heavy atom. The van der Waals surface area contributed by atoms with E-state index in [1.54, 1.807) is 30.5 Å². The number of pyridine rings is 1. The van der Waals surface area contributed by atoms with Gasteiger partial charge in [-0.1, -0.05) is 12.1 Å². The number of nitrogens with zero attached hydrogens (tertiary/aromatic N) is 2. The van der Waals surface area contributed by atoms with E-state index in [0.29, 0.717) is 5.69 Å². The maximum atomic E-state index is 12.6. The van der Waals surface area contributed by atoms with Gasteiger partial charge in [0.05, 0.1) is 12.1 Å². The normalized spacial score (nSPS) is 10.8. The van der Waals surface area contributed by atoms with Crippen LogP contribution in [0.2, 0.25) is 0 Å². The average molecular weight is 378 g/mol. The lowest BCUT2D eigenvalue weighted by molar-refractivity contribution is 0.102. The van der Waals surface area contributed by atoms with Crippen LogP contribution in [0.15, 0.2) is 69.8 Å². The molecule has 3 heterocycles. The molecule has 0 radical (unpaired) electrons. The monoisotopic (exact) mass is 378 g/mol. The Labute approximate surface area is 157 Å². The van der Waals surface area contributed by atoms with E-state index in [2.05, 4.69) is 15.3 Å². The van der Waals surface area contributed by atoms with E-state index >= 15 is 0 Å². The van der Waals surface area contributed by atoms with Gasteiger partial charge in [0.25, 0.3) is 11.5 Å². The number of H-pyrrole nitrogens is 1. The summed E-state index contributed by atoms with van der Waals surface area (Å²) < 4.78 is 1.02. The van der Waals surface area contributed by atoms with Crippen molar-refractivity contribution in [1.82, 2.24) is 14.5 Å². The number of fused-ring (bicyclic) bond motifs is 1. The quantitative estimate of drug-likeness (QED) is 0.570. The SMILES string of the molecule is O=C(Nc1ccc2ncccc2c1)c1c[nH]c(=O)n(Cc2cccs2)c1=O. The Morgan fingerprint density at radius 2 is 2.07 bits per heavy atom. The first kappa shape index (κ1) is 16.9. The number of carbonyl (C=O) groups excluding carboxylic acids is 1. The van der Waals surface area contributed by atoms with Crippen LogP contribution in [-0.2, 0) is 6.54 Å². The molecule has 3 aromatic heterocycles. The summed E-state index contributed by atoms with van der Waals surface area (Å²) in [5, 5.41) is 5.43. The Bertz CT molecular complexity index is 1240. The van der Waals surface area contributed by atoms with E-state index in [1.807, 2.05) is 23.6 Å². The molecule has 0 aliphatic heterocycles. The van der Waals surface area contributed by atoms with E-state index in [1.165, 1.54) is 11.3 Å². The zero-order valence-corrected chi connectivity index (χ0v) is 14.8. The zero-order valence-electron chi connectivity index (χ0n) is 14.0. The van der Waals surface area contributed by atoms with Gasteiger partial charge in [0.15, 0.2) is 0 Å². The first-order valence-electron chi connectivity index (χ1n) is 8.13. The summed E-state index contributed by atoms with van der Waals surface area (Å²) in [6.45, 7) is 0.120. The van der Waals surface area contributed by atoms with Crippen molar-refractivity contribution < 1.29 is 4.79 Å². The number of carbonyl (C=O) groups is 1. The summed E-state index contributed by atoms with van der Waals surface area (Å²) in [5.74, 6) is -0.584. The number of benzene rings is 1. The van der Waals surface area contributed by atoms with Crippen LogP contribution in [0.25, 0.3) is 10.9 Å². The molecule has 0 unspecified atom stereocenters. The molecular formula is C19H14N4O3S. The van der Waals surface area contributed by atoms with Crippen molar-refractivity contribution in [2.24, 2.45) is 0 Å². The Hall–Kier alpha value is -3.52. The average Bonchev–Trinajstić information content (AvgIpc) is 3.18. The van der Waals surface area contributed by atoms with Crippen LogP contribution in [0.3, 0.4) is 0 Å². The summed E-state index contributed by atoms with van der Waals surface area (Å²) in [4.78, 5) is 44.8. The van der Waals surface area contributed by atoms with Gasteiger partial charge in [0.1, 0.15) is 5.56 Å². The second kappa shape index (κ2) is 7.00. The summed E-state index contributed by atoms with van der Waals surface area (Å²) in [6.07, 6.45) is 2.84. The Morgan fingerprint density at radius 3 is 2.89 bits per heavy atom. The molecule has 8 heteroatoms. The van der Waals surface area contributed by atoms with Crippen molar-refractivity contribution in [1.29, 1.82) is 0 Å².